The van der Waals surface area contributed by atoms with Gasteiger partial charge in [-0.3, -0.25) is 4.90 Å². The maximum Gasteiger partial charge on any atom is 0.408 e. The molecule has 1 rings (SSSR count). The Balaban J connectivity index is 2.97. The Hall–Kier alpha value is -1.26. The van der Waals surface area contributed by atoms with Crippen LogP contribution in [0.1, 0.15) is 32.6 Å². The first-order chi connectivity index (χ1) is 7.08. The van der Waals surface area contributed by atoms with Crippen LogP contribution in [0.4, 0.5) is 4.79 Å². The van der Waals surface area contributed by atoms with Crippen molar-refractivity contribution in [2.45, 2.75) is 38.1 Å². The number of hydrogen-bond donors (Lipinski definition) is 1. The van der Waals surface area contributed by atoms with Gasteiger partial charge < -0.3 is 9.84 Å². The number of esters is 1. The van der Waals surface area contributed by atoms with E-state index in [-0.39, 0.29) is 0 Å². The molecule has 1 atom stereocenters. The SMILES string of the molecule is CCCC1(C(=O)OC)CCCN1C(=O)O. The number of amides is 1. The van der Waals surface area contributed by atoms with E-state index in [1.54, 1.807) is 0 Å². The fraction of sp³-hybridized carbons (Fsp3) is 0.800. The number of carbonyl (C=O) groups is 2. The van der Waals surface area contributed by atoms with Gasteiger partial charge in [-0.25, -0.2) is 9.59 Å². The second kappa shape index (κ2) is 4.51. The molecule has 1 heterocycles. The molecule has 5 nitrogen and oxygen atoms in total. The number of ether oxygens (including phenoxy) is 1. The molecule has 0 aromatic carbocycles. The Morgan fingerprint density at radius 2 is 2.20 bits per heavy atom. The molecule has 1 aliphatic rings. The second-order valence-electron chi connectivity index (χ2n) is 3.81. The summed E-state index contributed by atoms with van der Waals surface area (Å²) < 4.78 is 4.73. The highest BCUT2D eigenvalue weighted by Crippen LogP contribution is 2.34. The fourth-order valence-electron chi connectivity index (χ4n) is 2.34. The molecule has 5 heteroatoms. The molecular formula is C10H17NO4. The van der Waals surface area contributed by atoms with E-state index in [2.05, 4.69) is 0 Å². The van der Waals surface area contributed by atoms with Crippen molar-refractivity contribution in [2.75, 3.05) is 13.7 Å². The maximum atomic E-state index is 11.7. The van der Waals surface area contributed by atoms with E-state index in [1.807, 2.05) is 6.92 Å². The Labute approximate surface area is 89.0 Å². The van der Waals surface area contributed by atoms with Gasteiger partial charge >= 0.3 is 12.1 Å². The molecule has 1 fully saturated rings. The molecule has 0 aromatic rings. The molecular weight excluding hydrogens is 198 g/mol. The summed E-state index contributed by atoms with van der Waals surface area (Å²) >= 11 is 0. The van der Waals surface area contributed by atoms with Crippen LogP contribution >= 0.6 is 0 Å². The van der Waals surface area contributed by atoms with Crippen molar-refractivity contribution >= 4 is 12.1 Å². The lowest BCUT2D eigenvalue weighted by molar-refractivity contribution is -0.153. The molecule has 1 aliphatic heterocycles. The van der Waals surface area contributed by atoms with E-state index < -0.39 is 17.6 Å². The van der Waals surface area contributed by atoms with Gasteiger partial charge in [0.2, 0.25) is 0 Å². The lowest BCUT2D eigenvalue weighted by Gasteiger charge is -2.33. The Morgan fingerprint density at radius 3 is 2.67 bits per heavy atom. The van der Waals surface area contributed by atoms with Gasteiger partial charge in [0.05, 0.1) is 7.11 Å². The van der Waals surface area contributed by atoms with Crippen molar-refractivity contribution < 1.29 is 19.4 Å². The van der Waals surface area contributed by atoms with Gasteiger partial charge in [0.15, 0.2) is 0 Å². The minimum absolute atomic E-state index is 0.421. The fourth-order valence-corrected chi connectivity index (χ4v) is 2.34. The number of carboxylic acid groups (broad SMARTS) is 1. The number of rotatable bonds is 3. The highest BCUT2D eigenvalue weighted by atomic mass is 16.5. The molecule has 1 N–H and O–H groups in total. The standard InChI is InChI=1S/C10H17NO4/c1-3-5-10(8(12)15-2)6-4-7-11(10)9(13)14/h3-7H2,1-2H3,(H,13,14). The number of hydrogen-bond acceptors (Lipinski definition) is 3. The lowest BCUT2D eigenvalue weighted by Crippen LogP contribution is -2.53. The summed E-state index contributed by atoms with van der Waals surface area (Å²) in [6, 6.07) is 0. The van der Waals surface area contributed by atoms with Gasteiger partial charge in [0, 0.05) is 6.54 Å². The summed E-state index contributed by atoms with van der Waals surface area (Å²) in [6.45, 7) is 2.35. The molecule has 15 heavy (non-hydrogen) atoms. The summed E-state index contributed by atoms with van der Waals surface area (Å²) in [5, 5.41) is 9.04. The second-order valence-corrected chi connectivity index (χ2v) is 3.81. The Bertz CT molecular complexity index is 266. The normalized spacial score (nSPS) is 25.3. The van der Waals surface area contributed by atoms with E-state index >= 15 is 0 Å². The van der Waals surface area contributed by atoms with Gasteiger partial charge in [0.1, 0.15) is 5.54 Å². The average Bonchev–Trinajstić information content (AvgIpc) is 2.62. The van der Waals surface area contributed by atoms with Gasteiger partial charge in [-0.2, -0.15) is 0 Å². The maximum absolute atomic E-state index is 11.7. The third-order valence-corrected chi connectivity index (χ3v) is 2.95. The zero-order valence-electron chi connectivity index (χ0n) is 9.15. The number of nitrogens with zero attached hydrogens (tertiary/aromatic N) is 1. The number of methoxy groups -OCH3 is 1. The number of carbonyl (C=O) groups excluding carboxylic acids is 1. The van der Waals surface area contributed by atoms with Crippen molar-refractivity contribution in [3.05, 3.63) is 0 Å². The van der Waals surface area contributed by atoms with E-state index in [0.29, 0.717) is 19.4 Å². The van der Waals surface area contributed by atoms with Crippen LogP contribution in [0.5, 0.6) is 0 Å². The topological polar surface area (TPSA) is 66.8 Å². The predicted octanol–water partition coefficient (Wildman–Crippen LogP) is 1.47. The van der Waals surface area contributed by atoms with Crippen LogP contribution in [0.2, 0.25) is 0 Å². The molecule has 86 valence electrons. The molecule has 0 radical (unpaired) electrons. The molecule has 0 saturated carbocycles. The first-order valence-corrected chi connectivity index (χ1v) is 5.17. The van der Waals surface area contributed by atoms with Crippen molar-refractivity contribution in [1.82, 2.24) is 4.90 Å². The average molecular weight is 215 g/mol. The van der Waals surface area contributed by atoms with E-state index in [0.717, 1.165) is 12.8 Å². The molecule has 1 unspecified atom stereocenters. The van der Waals surface area contributed by atoms with Crippen molar-refractivity contribution in [3.63, 3.8) is 0 Å². The van der Waals surface area contributed by atoms with Gasteiger partial charge in [0.25, 0.3) is 0 Å². The zero-order valence-corrected chi connectivity index (χ0v) is 9.15. The van der Waals surface area contributed by atoms with Crippen molar-refractivity contribution in [3.8, 4) is 0 Å². The van der Waals surface area contributed by atoms with Crippen LogP contribution in [0.25, 0.3) is 0 Å². The lowest BCUT2D eigenvalue weighted by atomic mass is 9.91. The van der Waals surface area contributed by atoms with Crippen LogP contribution in [0.3, 0.4) is 0 Å². The number of likely N-dealkylation sites (tertiary alicyclic amines) is 1. The quantitative estimate of drug-likeness (QED) is 0.724. The largest absolute Gasteiger partial charge is 0.467 e. The highest BCUT2D eigenvalue weighted by molar-refractivity contribution is 5.86. The summed E-state index contributed by atoms with van der Waals surface area (Å²) in [4.78, 5) is 24.0. The minimum atomic E-state index is -1.04. The molecule has 1 saturated heterocycles. The first kappa shape index (κ1) is 11.8. The van der Waals surface area contributed by atoms with Crippen LogP contribution in [0, 0.1) is 0 Å². The van der Waals surface area contributed by atoms with Crippen molar-refractivity contribution in [2.24, 2.45) is 0 Å². The van der Waals surface area contributed by atoms with E-state index in [4.69, 9.17) is 9.84 Å². The van der Waals surface area contributed by atoms with Crippen LogP contribution < -0.4 is 0 Å². The van der Waals surface area contributed by atoms with Gasteiger partial charge in [-0.05, 0) is 19.3 Å². The summed E-state index contributed by atoms with van der Waals surface area (Å²) in [5.74, 6) is -0.427. The smallest absolute Gasteiger partial charge is 0.408 e. The van der Waals surface area contributed by atoms with Crippen LogP contribution in [-0.2, 0) is 9.53 Å². The third-order valence-electron chi connectivity index (χ3n) is 2.95. The van der Waals surface area contributed by atoms with E-state index in [9.17, 15) is 9.59 Å². The highest BCUT2D eigenvalue weighted by Gasteiger charge is 2.50. The summed E-state index contributed by atoms with van der Waals surface area (Å²) in [6.07, 6.45) is 1.55. The first-order valence-electron chi connectivity index (χ1n) is 5.17. The zero-order chi connectivity index (χ0) is 11.5. The summed E-state index contributed by atoms with van der Waals surface area (Å²) in [7, 11) is 1.30. The van der Waals surface area contributed by atoms with E-state index in [1.165, 1.54) is 12.0 Å². The molecule has 0 aliphatic carbocycles. The molecule has 0 aromatic heterocycles. The van der Waals surface area contributed by atoms with Crippen LogP contribution in [-0.4, -0.2) is 41.3 Å². The Kier molecular flexibility index (Phi) is 3.55. The minimum Gasteiger partial charge on any atom is -0.467 e. The predicted molar refractivity (Wildman–Crippen MR) is 53.6 cm³/mol. The molecule has 1 amide bonds. The third kappa shape index (κ3) is 1.91. The van der Waals surface area contributed by atoms with Gasteiger partial charge in [-0.15, -0.1) is 0 Å². The van der Waals surface area contributed by atoms with Crippen LogP contribution in [0.15, 0.2) is 0 Å². The summed E-state index contributed by atoms with van der Waals surface area (Å²) in [5.41, 5.74) is -0.935. The van der Waals surface area contributed by atoms with Gasteiger partial charge in [-0.1, -0.05) is 13.3 Å². The monoisotopic (exact) mass is 215 g/mol. The molecule has 0 bridgehead atoms. The molecule has 0 spiro atoms. The van der Waals surface area contributed by atoms with Crippen molar-refractivity contribution in [1.29, 1.82) is 0 Å². The Morgan fingerprint density at radius 1 is 1.53 bits per heavy atom.